The Kier molecular flexibility index (Phi) is 5.96. The molecule has 2 rings (SSSR count). The van der Waals surface area contributed by atoms with Crippen molar-refractivity contribution in [2.75, 3.05) is 11.9 Å². The van der Waals surface area contributed by atoms with Gasteiger partial charge in [0.1, 0.15) is 5.82 Å². The fourth-order valence-electron chi connectivity index (χ4n) is 2.05. The number of esters is 1. The lowest BCUT2D eigenvalue weighted by Crippen LogP contribution is -2.21. The van der Waals surface area contributed by atoms with Crippen LogP contribution in [0.25, 0.3) is 0 Å². The van der Waals surface area contributed by atoms with Crippen molar-refractivity contribution in [3.8, 4) is 0 Å². The Morgan fingerprint density at radius 1 is 1.23 bits per heavy atom. The highest BCUT2D eigenvalue weighted by molar-refractivity contribution is 7.89. The fourth-order valence-corrected chi connectivity index (χ4v) is 3.10. The van der Waals surface area contributed by atoms with Gasteiger partial charge in [-0.1, -0.05) is 17.7 Å². The van der Waals surface area contributed by atoms with E-state index in [4.69, 9.17) is 21.5 Å². The Bertz CT molecular complexity index is 979. The largest absolute Gasteiger partial charge is 0.452 e. The molecule has 0 saturated heterocycles. The third kappa shape index (κ3) is 5.01. The van der Waals surface area contributed by atoms with Crippen molar-refractivity contribution < 1.29 is 27.1 Å². The topological polar surface area (TPSA) is 116 Å². The van der Waals surface area contributed by atoms with Gasteiger partial charge < -0.3 is 10.1 Å². The Labute approximate surface area is 154 Å². The third-order valence-electron chi connectivity index (χ3n) is 3.26. The molecule has 3 N–H and O–H groups in total. The smallest absolute Gasteiger partial charge is 0.340 e. The highest BCUT2D eigenvalue weighted by Gasteiger charge is 2.16. The molecule has 0 aliphatic rings. The number of primary sulfonamides is 1. The van der Waals surface area contributed by atoms with Gasteiger partial charge in [0.05, 0.1) is 15.5 Å². The minimum Gasteiger partial charge on any atom is -0.452 e. The van der Waals surface area contributed by atoms with Gasteiger partial charge in [-0.3, -0.25) is 4.79 Å². The number of ether oxygens (including phenoxy) is 1. The molecule has 0 aliphatic carbocycles. The number of sulfonamides is 1. The predicted molar refractivity (Wildman–Crippen MR) is 92.9 cm³/mol. The van der Waals surface area contributed by atoms with Gasteiger partial charge in [0, 0.05) is 5.69 Å². The number of halogens is 2. The van der Waals surface area contributed by atoms with Crippen LogP contribution in [0.4, 0.5) is 10.1 Å². The van der Waals surface area contributed by atoms with Crippen molar-refractivity contribution in [3.05, 3.63) is 58.4 Å². The second-order valence-electron chi connectivity index (χ2n) is 5.27. The molecule has 0 bridgehead atoms. The number of aryl methyl sites for hydroxylation is 1. The summed E-state index contributed by atoms with van der Waals surface area (Å²) in [4.78, 5) is 23.6. The molecule has 2 aromatic rings. The van der Waals surface area contributed by atoms with Crippen LogP contribution in [0.5, 0.6) is 0 Å². The van der Waals surface area contributed by atoms with Crippen LogP contribution in [0, 0.1) is 12.7 Å². The van der Waals surface area contributed by atoms with E-state index in [9.17, 15) is 22.4 Å². The number of nitrogens with one attached hydrogen (secondary N) is 1. The van der Waals surface area contributed by atoms with E-state index in [-0.39, 0.29) is 21.2 Å². The number of amides is 1. The first kappa shape index (κ1) is 19.8. The Morgan fingerprint density at radius 3 is 2.54 bits per heavy atom. The number of hydrogen-bond acceptors (Lipinski definition) is 5. The third-order valence-corrected chi connectivity index (χ3v) is 4.63. The van der Waals surface area contributed by atoms with E-state index in [2.05, 4.69) is 5.32 Å². The fraction of sp³-hybridized carbons (Fsp3) is 0.125. The highest BCUT2D eigenvalue weighted by Crippen LogP contribution is 2.20. The standard InChI is InChI=1S/C16H14ClFN2O5S/c1-9-2-4-11(7-14(9)26(19,23)24)20-15(21)8-25-16(22)12-5-3-10(18)6-13(12)17/h2-7H,8H2,1H3,(H,20,21)(H2,19,23,24). The number of carbonyl (C=O) groups is 2. The summed E-state index contributed by atoms with van der Waals surface area (Å²) in [6.45, 7) is 0.907. The zero-order chi connectivity index (χ0) is 19.5. The van der Waals surface area contributed by atoms with Crippen LogP contribution in [-0.4, -0.2) is 26.9 Å². The average Bonchev–Trinajstić information content (AvgIpc) is 2.53. The molecular formula is C16H14ClFN2O5S. The van der Waals surface area contributed by atoms with E-state index in [0.29, 0.717) is 5.56 Å². The number of carbonyl (C=O) groups excluding carboxylic acids is 2. The Hall–Kier alpha value is -2.49. The van der Waals surface area contributed by atoms with Crippen molar-refractivity contribution in [1.29, 1.82) is 0 Å². The van der Waals surface area contributed by atoms with Crippen LogP contribution >= 0.6 is 11.6 Å². The minimum absolute atomic E-state index is 0.0901. The zero-order valence-electron chi connectivity index (χ0n) is 13.5. The monoisotopic (exact) mass is 400 g/mol. The van der Waals surface area contributed by atoms with E-state index in [1.165, 1.54) is 18.2 Å². The number of anilines is 1. The average molecular weight is 401 g/mol. The molecule has 7 nitrogen and oxygen atoms in total. The van der Waals surface area contributed by atoms with E-state index in [1.54, 1.807) is 6.92 Å². The summed E-state index contributed by atoms with van der Waals surface area (Å²) >= 11 is 5.73. The van der Waals surface area contributed by atoms with Gasteiger partial charge in [-0.2, -0.15) is 0 Å². The maximum absolute atomic E-state index is 13.0. The molecule has 10 heteroatoms. The summed E-state index contributed by atoms with van der Waals surface area (Å²) in [5.41, 5.74) is 0.496. The second-order valence-corrected chi connectivity index (χ2v) is 7.21. The Morgan fingerprint density at radius 2 is 1.92 bits per heavy atom. The molecule has 0 radical (unpaired) electrons. The lowest BCUT2D eigenvalue weighted by molar-refractivity contribution is -0.119. The van der Waals surface area contributed by atoms with Gasteiger partial charge in [-0.05, 0) is 42.8 Å². The maximum atomic E-state index is 13.0. The Balaban J connectivity index is 2.02. The second kappa shape index (κ2) is 7.81. The first-order chi connectivity index (χ1) is 12.1. The maximum Gasteiger partial charge on any atom is 0.340 e. The van der Waals surface area contributed by atoms with Gasteiger partial charge in [0.15, 0.2) is 6.61 Å². The van der Waals surface area contributed by atoms with Crippen molar-refractivity contribution in [2.45, 2.75) is 11.8 Å². The summed E-state index contributed by atoms with van der Waals surface area (Å²) in [6, 6.07) is 7.25. The van der Waals surface area contributed by atoms with Crippen LogP contribution < -0.4 is 10.5 Å². The lowest BCUT2D eigenvalue weighted by Gasteiger charge is -2.10. The molecule has 0 fully saturated rings. The van der Waals surface area contributed by atoms with E-state index < -0.39 is 34.3 Å². The summed E-state index contributed by atoms with van der Waals surface area (Å²) < 4.78 is 40.7. The first-order valence-corrected chi connectivity index (χ1v) is 9.06. The molecule has 0 heterocycles. The van der Waals surface area contributed by atoms with Crippen molar-refractivity contribution in [1.82, 2.24) is 0 Å². The van der Waals surface area contributed by atoms with Gasteiger partial charge in [-0.25, -0.2) is 22.7 Å². The van der Waals surface area contributed by atoms with Crippen molar-refractivity contribution >= 4 is 39.2 Å². The van der Waals surface area contributed by atoms with Gasteiger partial charge >= 0.3 is 5.97 Å². The molecule has 138 valence electrons. The SMILES string of the molecule is Cc1ccc(NC(=O)COC(=O)c2ccc(F)cc2Cl)cc1S(N)(=O)=O. The quantitative estimate of drug-likeness (QED) is 0.746. The number of benzene rings is 2. The molecular weight excluding hydrogens is 387 g/mol. The molecule has 0 saturated carbocycles. The molecule has 0 aromatic heterocycles. The van der Waals surface area contributed by atoms with Gasteiger partial charge in [0.2, 0.25) is 10.0 Å². The van der Waals surface area contributed by atoms with Crippen molar-refractivity contribution in [3.63, 3.8) is 0 Å². The van der Waals surface area contributed by atoms with Crippen LogP contribution in [-0.2, 0) is 19.6 Å². The summed E-state index contributed by atoms with van der Waals surface area (Å²) in [5, 5.41) is 7.33. The normalized spacial score (nSPS) is 11.1. The van der Waals surface area contributed by atoms with Crippen LogP contribution in [0.1, 0.15) is 15.9 Å². The lowest BCUT2D eigenvalue weighted by atomic mass is 10.2. The molecule has 0 spiro atoms. The molecule has 1 amide bonds. The summed E-state index contributed by atoms with van der Waals surface area (Å²) in [6.07, 6.45) is 0. The van der Waals surface area contributed by atoms with E-state index in [1.807, 2.05) is 0 Å². The molecule has 0 aliphatic heterocycles. The molecule has 0 atom stereocenters. The molecule has 2 aromatic carbocycles. The van der Waals surface area contributed by atoms with Crippen LogP contribution in [0.2, 0.25) is 5.02 Å². The molecule has 26 heavy (non-hydrogen) atoms. The van der Waals surface area contributed by atoms with Crippen LogP contribution in [0.3, 0.4) is 0 Å². The predicted octanol–water partition coefficient (Wildman–Crippen LogP) is 2.23. The molecule has 0 unspecified atom stereocenters. The van der Waals surface area contributed by atoms with E-state index in [0.717, 1.165) is 18.2 Å². The number of nitrogens with two attached hydrogens (primary N) is 1. The van der Waals surface area contributed by atoms with Crippen LogP contribution in [0.15, 0.2) is 41.3 Å². The summed E-state index contributed by atoms with van der Waals surface area (Å²) in [5.74, 6) is -2.23. The van der Waals surface area contributed by atoms with Crippen molar-refractivity contribution in [2.24, 2.45) is 5.14 Å². The van der Waals surface area contributed by atoms with E-state index >= 15 is 0 Å². The van der Waals surface area contributed by atoms with Gasteiger partial charge in [-0.15, -0.1) is 0 Å². The zero-order valence-corrected chi connectivity index (χ0v) is 15.0. The number of rotatable bonds is 5. The first-order valence-electron chi connectivity index (χ1n) is 7.13. The minimum atomic E-state index is -3.94. The van der Waals surface area contributed by atoms with Gasteiger partial charge in [0.25, 0.3) is 5.91 Å². The summed E-state index contributed by atoms with van der Waals surface area (Å²) in [7, 11) is -3.94. The number of hydrogen-bond donors (Lipinski definition) is 2. The highest BCUT2D eigenvalue weighted by atomic mass is 35.5.